The molecule has 0 aromatic heterocycles. The fourth-order valence-electron chi connectivity index (χ4n) is 4.00. The van der Waals surface area contributed by atoms with Crippen molar-refractivity contribution in [1.29, 1.82) is 0 Å². The zero-order valence-corrected chi connectivity index (χ0v) is 20.1. The number of methoxy groups -OCH3 is 2. The second kappa shape index (κ2) is 10.9. The van der Waals surface area contributed by atoms with Gasteiger partial charge in [0.05, 0.1) is 31.9 Å². The highest BCUT2D eigenvalue weighted by Crippen LogP contribution is 2.29. The van der Waals surface area contributed by atoms with E-state index in [1.54, 1.807) is 24.3 Å². The maximum Gasteiger partial charge on any atom is 0.337 e. The van der Waals surface area contributed by atoms with E-state index in [-0.39, 0.29) is 18.7 Å². The number of imide groups is 1. The molecule has 0 saturated carbocycles. The highest BCUT2D eigenvalue weighted by molar-refractivity contribution is 6.22. The van der Waals surface area contributed by atoms with Crippen molar-refractivity contribution < 1.29 is 33.0 Å². The second-order valence-electron chi connectivity index (χ2n) is 8.25. The van der Waals surface area contributed by atoms with Crippen LogP contribution in [0.3, 0.4) is 0 Å². The lowest BCUT2D eigenvalue weighted by Gasteiger charge is -2.22. The van der Waals surface area contributed by atoms with Gasteiger partial charge >= 0.3 is 12.0 Å². The van der Waals surface area contributed by atoms with E-state index in [9.17, 15) is 23.6 Å². The van der Waals surface area contributed by atoms with Crippen molar-refractivity contribution in [3.63, 3.8) is 0 Å². The van der Waals surface area contributed by atoms with Crippen LogP contribution in [0.2, 0.25) is 0 Å². The molecular weight excluding hydrogens is 481 g/mol. The first-order valence-corrected chi connectivity index (χ1v) is 11.3. The number of urea groups is 1. The van der Waals surface area contributed by atoms with E-state index in [1.807, 2.05) is 0 Å². The Bertz CT molecular complexity index is 1330. The summed E-state index contributed by atoms with van der Waals surface area (Å²) in [5.74, 6) is -1.55. The van der Waals surface area contributed by atoms with E-state index >= 15 is 0 Å². The van der Waals surface area contributed by atoms with Gasteiger partial charge in [-0.2, -0.15) is 0 Å². The first-order chi connectivity index (χ1) is 17.8. The molecule has 37 heavy (non-hydrogen) atoms. The summed E-state index contributed by atoms with van der Waals surface area (Å²) < 4.78 is 23.4. The number of hydrogen-bond donors (Lipinski definition) is 1. The number of rotatable bonds is 8. The predicted molar refractivity (Wildman–Crippen MR) is 133 cm³/mol. The van der Waals surface area contributed by atoms with Crippen LogP contribution >= 0.6 is 0 Å². The molecule has 1 aliphatic heterocycles. The smallest absolute Gasteiger partial charge is 0.337 e. The van der Waals surface area contributed by atoms with Crippen molar-refractivity contribution in [2.24, 2.45) is 0 Å². The van der Waals surface area contributed by atoms with E-state index in [0.29, 0.717) is 22.6 Å². The molecule has 3 aromatic carbocycles. The molecule has 1 saturated heterocycles. The Kier molecular flexibility index (Phi) is 7.47. The number of ether oxygens (including phenoxy) is 2. The lowest BCUT2D eigenvalue weighted by Crippen LogP contribution is -2.37. The molecule has 1 N–H and O–H groups in total. The number of benzene rings is 3. The van der Waals surface area contributed by atoms with Crippen molar-refractivity contribution in [1.82, 2.24) is 4.90 Å². The zero-order chi connectivity index (χ0) is 26.5. The first-order valence-electron chi connectivity index (χ1n) is 11.3. The summed E-state index contributed by atoms with van der Waals surface area (Å²) in [6.45, 7) is 0.0469. The summed E-state index contributed by atoms with van der Waals surface area (Å²) in [5, 5.41) is 2.68. The van der Waals surface area contributed by atoms with Gasteiger partial charge in [0.1, 0.15) is 17.6 Å². The van der Waals surface area contributed by atoms with Crippen molar-refractivity contribution in [2.75, 3.05) is 24.4 Å². The molecule has 1 unspecified atom stereocenters. The van der Waals surface area contributed by atoms with E-state index in [2.05, 4.69) is 10.1 Å². The number of esters is 1. The van der Waals surface area contributed by atoms with Crippen LogP contribution in [0.4, 0.5) is 20.6 Å². The van der Waals surface area contributed by atoms with Crippen LogP contribution in [0.15, 0.2) is 72.8 Å². The molecule has 0 radical (unpaired) electrons. The second-order valence-corrected chi connectivity index (χ2v) is 8.25. The SMILES string of the molecule is COC(=O)c1ccc(NC(=O)CC2C(=O)N(c3ccc(F)cc3)C(=O)N2Cc2cccc(OC)c2)cc1. The number of carbonyl (C=O) groups excluding carboxylic acids is 4. The van der Waals surface area contributed by atoms with E-state index in [4.69, 9.17) is 4.74 Å². The van der Waals surface area contributed by atoms with Gasteiger partial charge in [0.25, 0.3) is 5.91 Å². The fraction of sp³-hybridized carbons (Fsp3) is 0.185. The Morgan fingerprint density at radius 2 is 1.68 bits per heavy atom. The predicted octanol–water partition coefficient (Wildman–Crippen LogP) is 3.99. The van der Waals surface area contributed by atoms with Crippen LogP contribution in [0.25, 0.3) is 0 Å². The monoisotopic (exact) mass is 505 g/mol. The maximum atomic E-state index is 13.5. The van der Waals surface area contributed by atoms with Gasteiger partial charge in [-0.05, 0) is 66.2 Å². The number of carbonyl (C=O) groups is 4. The van der Waals surface area contributed by atoms with Crippen molar-refractivity contribution >= 4 is 35.2 Å². The Morgan fingerprint density at radius 3 is 2.32 bits per heavy atom. The maximum absolute atomic E-state index is 13.5. The Morgan fingerprint density at radius 1 is 0.973 bits per heavy atom. The van der Waals surface area contributed by atoms with Gasteiger partial charge < -0.3 is 19.7 Å². The molecular formula is C27H24FN3O6. The minimum Gasteiger partial charge on any atom is -0.497 e. The molecule has 10 heteroatoms. The Balaban J connectivity index is 1.57. The van der Waals surface area contributed by atoms with Gasteiger partial charge in [-0.1, -0.05) is 12.1 Å². The number of nitrogens with zero attached hydrogens (tertiary/aromatic N) is 2. The van der Waals surface area contributed by atoms with Crippen LogP contribution in [-0.2, 0) is 20.9 Å². The quantitative estimate of drug-likeness (QED) is 0.367. The highest BCUT2D eigenvalue weighted by atomic mass is 19.1. The van der Waals surface area contributed by atoms with Crippen molar-refractivity contribution in [2.45, 2.75) is 19.0 Å². The van der Waals surface area contributed by atoms with Crippen LogP contribution in [0.1, 0.15) is 22.3 Å². The van der Waals surface area contributed by atoms with Gasteiger partial charge in [0.15, 0.2) is 0 Å². The number of amides is 4. The third-order valence-electron chi connectivity index (χ3n) is 5.86. The van der Waals surface area contributed by atoms with Crippen LogP contribution in [-0.4, -0.2) is 49.0 Å². The number of hydrogen-bond acceptors (Lipinski definition) is 6. The third kappa shape index (κ3) is 5.58. The van der Waals surface area contributed by atoms with E-state index in [0.717, 1.165) is 17.0 Å². The normalized spacial score (nSPS) is 15.1. The van der Waals surface area contributed by atoms with E-state index in [1.165, 1.54) is 55.5 Å². The number of nitrogens with one attached hydrogen (secondary N) is 1. The van der Waals surface area contributed by atoms with E-state index < -0.39 is 35.7 Å². The summed E-state index contributed by atoms with van der Waals surface area (Å²) in [4.78, 5) is 53.5. The molecule has 3 aromatic rings. The average Bonchev–Trinajstić information content (AvgIpc) is 3.13. The summed E-state index contributed by atoms with van der Waals surface area (Å²) in [6.07, 6.45) is -0.314. The molecule has 4 rings (SSSR count). The largest absolute Gasteiger partial charge is 0.497 e. The minimum absolute atomic E-state index is 0.0469. The van der Waals surface area contributed by atoms with Crippen molar-refractivity contribution in [3.8, 4) is 5.75 Å². The topological polar surface area (TPSA) is 105 Å². The fourth-order valence-corrected chi connectivity index (χ4v) is 4.00. The lowest BCUT2D eigenvalue weighted by molar-refractivity contribution is -0.124. The van der Waals surface area contributed by atoms with Gasteiger partial charge in [-0.15, -0.1) is 0 Å². The van der Waals surface area contributed by atoms with Gasteiger partial charge in [0.2, 0.25) is 5.91 Å². The average molecular weight is 506 g/mol. The molecule has 4 amide bonds. The van der Waals surface area contributed by atoms with Crippen LogP contribution < -0.4 is 15.0 Å². The highest BCUT2D eigenvalue weighted by Gasteiger charge is 2.46. The molecule has 0 aliphatic carbocycles. The van der Waals surface area contributed by atoms with Gasteiger partial charge in [-0.25, -0.2) is 18.9 Å². The third-order valence-corrected chi connectivity index (χ3v) is 5.86. The summed E-state index contributed by atoms with van der Waals surface area (Å²) in [6, 6.07) is 16.3. The number of halogens is 1. The molecule has 1 fully saturated rings. The van der Waals surface area contributed by atoms with Gasteiger partial charge in [-0.3, -0.25) is 9.59 Å². The summed E-state index contributed by atoms with van der Waals surface area (Å²) in [5.41, 5.74) is 1.62. The number of anilines is 2. The van der Waals surface area contributed by atoms with Gasteiger partial charge in [0, 0.05) is 12.2 Å². The zero-order valence-electron chi connectivity index (χ0n) is 20.1. The van der Waals surface area contributed by atoms with Crippen LogP contribution in [0.5, 0.6) is 5.75 Å². The summed E-state index contributed by atoms with van der Waals surface area (Å²) in [7, 11) is 2.79. The Labute approximate surface area is 212 Å². The molecule has 1 aliphatic rings. The minimum atomic E-state index is -1.10. The molecule has 1 heterocycles. The molecule has 1 atom stereocenters. The molecule has 0 bridgehead atoms. The summed E-state index contributed by atoms with van der Waals surface area (Å²) >= 11 is 0. The van der Waals surface area contributed by atoms with Crippen molar-refractivity contribution in [3.05, 3.63) is 89.7 Å². The molecule has 190 valence electrons. The Hall–Kier alpha value is -4.73. The molecule has 9 nitrogen and oxygen atoms in total. The molecule has 0 spiro atoms. The lowest BCUT2D eigenvalue weighted by atomic mass is 10.1. The standard InChI is InChI=1S/C27H24FN3O6/c1-36-22-5-3-4-17(14-22)16-30-23(25(33)31(27(30)35)21-12-8-19(28)9-13-21)15-24(32)29-20-10-6-18(7-11-20)26(34)37-2/h3-14,23H,15-16H2,1-2H3,(H,29,32). The first kappa shape index (κ1) is 25.4. The van der Waals surface area contributed by atoms with Crippen LogP contribution in [0, 0.1) is 5.82 Å².